The van der Waals surface area contributed by atoms with Crippen molar-refractivity contribution < 1.29 is 13.5 Å². The first-order valence-corrected chi connectivity index (χ1v) is 14.1. The van der Waals surface area contributed by atoms with Crippen molar-refractivity contribution >= 4 is 0 Å². The Morgan fingerprint density at radius 2 is 1.43 bits per heavy atom. The van der Waals surface area contributed by atoms with Gasteiger partial charge in [-0.05, 0) is 55.4 Å². The summed E-state index contributed by atoms with van der Waals surface area (Å²) in [5.74, 6) is -0.218. The zero-order chi connectivity index (χ0) is 24.9. The molecule has 3 rings (SSSR count). The maximum Gasteiger partial charge on any atom is 0.201 e. The summed E-state index contributed by atoms with van der Waals surface area (Å²) in [6.45, 7) is 4.83. The van der Waals surface area contributed by atoms with E-state index in [4.69, 9.17) is 4.74 Å². The fraction of sp³-hybridized carbons (Fsp3) is 0.667. The highest BCUT2D eigenvalue weighted by atomic mass is 19.2. The van der Waals surface area contributed by atoms with Crippen LogP contribution in [0.3, 0.4) is 0 Å². The van der Waals surface area contributed by atoms with Crippen molar-refractivity contribution in [3.8, 4) is 17.0 Å². The molecule has 1 saturated carbocycles. The lowest BCUT2D eigenvalue weighted by molar-refractivity contribution is 0.248. The van der Waals surface area contributed by atoms with E-state index < -0.39 is 11.6 Å². The molecule has 1 aromatic heterocycles. The zero-order valence-corrected chi connectivity index (χ0v) is 21.8. The Kier molecular flexibility index (Phi) is 11.9. The summed E-state index contributed by atoms with van der Waals surface area (Å²) in [5.41, 5.74) is 1.39. The van der Waals surface area contributed by atoms with Crippen LogP contribution in [0.1, 0.15) is 109 Å². The number of hydrogen-bond acceptors (Lipinski definition) is 3. The van der Waals surface area contributed by atoms with E-state index in [0.717, 1.165) is 49.6 Å². The first-order valence-electron chi connectivity index (χ1n) is 14.1. The Labute approximate surface area is 211 Å². The van der Waals surface area contributed by atoms with Crippen LogP contribution in [0.5, 0.6) is 5.75 Å². The zero-order valence-electron chi connectivity index (χ0n) is 21.8. The number of benzene rings is 1. The second kappa shape index (κ2) is 15.2. The molecular weight excluding hydrogens is 442 g/mol. The molecule has 1 heterocycles. The maximum absolute atomic E-state index is 14.7. The molecule has 0 aliphatic heterocycles. The largest absolute Gasteiger partial charge is 0.490 e. The second-order valence-corrected chi connectivity index (χ2v) is 10.3. The van der Waals surface area contributed by atoms with E-state index in [9.17, 15) is 8.78 Å². The van der Waals surface area contributed by atoms with Crippen molar-refractivity contribution in [2.75, 3.05) is 6.61 Å². The molecule has 35 heavy (non-hydrogen) atoms. The van der Waals surface area contributed by atoms with Crippen molar-refractivity contribution in [3.63, 3.8) is 0 Å². The minimum absolute atomic E-state index is 0.0357. The Bertz CT molecular complexity index is 863. The van der Waals surface area contributed by atoms with Crippen molar-refractivity contribution in [1.82, 2.24) is 10.2 Å². The molecule has 1 fully saturated rings. The molecule has 1 aliphatic rings. The monoisotopic (exact) mass is 486 g/mol. The summed E-state index contributed by atoms with van der Waals surface area (Å²) in [7, 11) is 0. The van der Waals surface area contributed by atoms with Crippen molar-refractivity contribution in [2.45, 2.75) is 110 Å². The van der Waals surface area contributed by atoms with Crippen LogP contribution in [0.25, 0.3) is 11.3 Å². The molecule has 0 N–H and O–H groups in total. The quantitative estimate of drug-likeness (QED) is 0.235. The molecule has 0 atom stereocenters. The van der Waals surface area contributed by atoms with Crippen LogP contribution in [0, 0.1) is 23.5 Å². The molecule has 0 saturated heterocycles. The molecule has 3 nitrogen and oxygen atoms in total. The third kappa shape index (κ3) is 8.84. The van der Waals surface area contributed by atoms with Crippen LogP contribution < -0.4 is 4.74 Å². The van der Waals surface area contributed by atoms with Gasteiger partial charge in [0.15, 0.2) is 11.6 Å². The first-order chi connectivity index (χ1) is 17.1. The molecule has 0 spiro atoms. The highest BCUT2D eigenvalue weighted by Gasteiger charge is 2.21. The summed E-state index contributed by atoms with van der Waals surface area (Å²) >= 11 is 0. The van der Waals surface area contributed by atoms with Gasteiger partial charge in [0.1, 0.15) is 0 Å². The normalized spacial score (nSPS) is 18.1. The Hall–Kier alpha value is -2.04. The van der Waals surface area contributed by atoms with Gasteiger partial charge >= 0.3 is 0 Å². The Balaban J connectivity index is 1.45. The fourth-order valence-electron chi connectivity index (χ4n) is 5.21. The summed E-state index contributed by atoms with van der Waals surface area (Å²) in [4.78, 5) is 0. The lowest BCUT2D eigenvalue weighted by Gasteiger charge is -2.28. The van der Waals surface area contributed by atoms with Crippen LogP contribution in [0.4, 0.5) is 8.78 Å². The maximum atomic E-state index is 14.7. The smallest absolute Gasteiger partial charge is 0.201 e. The highest BCUT2D eigenvalue weighted by molar-refractivity contribution is 5.61. The van der Waals surface area contributed by atoms with Gasteiger partial charge in [-0.1, -0.05) is 90.9 Å². The van der Waals surface area contributed by atoms with E-state index in [1.165, 1.54) is 76.3 Å². The molecule has 1 aromatic carbocycles. The lowest BCUT2D eigenvalue weighted by atomic mass is 9.78. The van der Waals surface area contributed by atoms with Gasteiger partial charge < -0.3 is 4.74 Å². The number of rotatable bonds is 15. The first kappa shape index (κ1) is 27.5. The highest BCUT2D eigenvalue weighted by Crippen LogP contribution is 2.34. The summed E-state index contributed by atoms with van der Waals surface area (Å²) in [6.07, 6.45) is 18.2. The van der Waals surface area contributed by atoms with E-state index in [0.29, 0.717) is 12.3 Å². The Morgan fingerprint density at radius 1 is 0.743 bits per heavy atom. The van der Waals surface area contributed by atoms with E-state index in [1.807, 2.05) is 6.07 Å². The summed E-state index contributed by atoms with van der Waals surface area (Å²) < 4.78 is 34.7. The van der Waals surface area contributed by atoms with Gasteiger partial charge in [0.25, 0.3) is 0 Å². The number of aromatic nitrogens is 2. The van der Waals surface area contributed by atoms with Gasteiger partial charge in [0, 0.05) is 5.56 Å². The SMILES string of the molecule is CCCCCCCOc1ccc(-c2ccc(CCC3CCC(CCCCC)CC3)nn2)c(F)c1F. The van der Waals surface area contributed by atoms with Crippen molar-refractivity contribution in [3.05, 3.63) is 41.6 Å². The molecule has 0 amide bonds. The van der Waals surface area contributed by atoms with Crippen molar-refractivity contribution in [2.24, 2.45) is 11.8 Å². The topological polar surface area (TPSA) is 35.0 Å². The summed E-state index contributed by atoms with van der Waals surface area (Å²) in [6, 6.07) is 6.68. The predicted octanol–water partition coefficient (Wildman–Crippen LogP) is 9.09. The van der Waals surface area contributed by atoms with Gasteiger partial charge in [0.2, 0.25) is 5.82 Å². The number of nitrogens with zero attached hydrogens (tertiary/aromatic N) is 2. The van der Waals surface area contributed by atoms with Gasteiger partial charge in [0.05, 0.1) is 18.0 Å². The van der Waals surface area contributed by atoms with E-state index in [1.54, 1.807) is 6.07 Å². The van der Waals surface area contributed by atoms with Gasteiger partial charge in [-0.15, -0.1) is 0 Å². The predicted molar refractivity (Wildman–Crippen MR) is 140 cm³/mol. The average molecular weight is 487 g/mol. The van der Waals surface area contributed by atoms with Crippen LogP contribution >= 0.6 is 0 Å². The molecule has 0 unspecified atom stereocenters. The molecule has 0 bridgehead atoms. The van der Waals surface area contributed by atoms with Crippen LogP contribution in [-0.2, 0) is 6.42 Å². The Morgan fingerprint density at radius 3 is 2.11 bits per heavy atom. The van der Waals surface area contributed by atoms with Crippen molar-refractivity contribution in [1.29, 1.82) is 0 Å². The minimum atomic E-state index is -0.952. The van der Waals surface area contributed by atoms with Gasteiger partial charge in [-0.25, -0.2) is 4.39 Å². The van der Waals surface area contributed by atoms with E-state index >= 15 is 0 Å². The van der Waals surface area contributed by atoms with Crippen LogP contribution in [0.2, 0.25) is 0 Å². The standard InChI is InChI=1S/C30H44F2N2O/c1-3-5-7-8-10-22-35-28-21-19-26(29(31)30(28)32)27-20-18-25(33-34-27)17-16-24-14-12-23(13-15-24)11-9-6-4-2/h18-21,23-24H,3-17,22H2,1-2H3. The minimum Gasteiger partial charge on any atom is -0.490 e. The molecule has 5 heteroatoms. The molecular formula is C30H44F2N2O. The lowest BCUT2D eigenvalue weighted by Crippen LogP contribution is -2.15. The molecule has 1 aliphatic carbocycles. The molecule has 194 valence electrons. The van der Waals surface area contributed by atoms with Gasteiger partial charge in [-0.2, -0.15) is 14.6 Å². The van der Waals surface area contributed by atoms with Crippen LogP contribution in [0.15, 0.2) is 24.3 Å². The number of unbranched alkanes of at least 4 members (excludes halogenated alkanes) is 6. The van der Waals surface area contributed by atoms with Gasteiger partial charge in [-0.3, -0.25) is 0 Å². The average Bonchev–Trinajstić information content (AvgIpc) is 2.88. The third-order valence-corrected chi connectivity index (χ3v) is 7.54. The van der Waals surface area contributed by atoms with Crippen LogP contribution in [-0.4, -0.2) is 16.8 Å². The molecule has 2 aromatic rings. The number of hydrogen-bond donors (Lipinski definition) is 0. The third-order valence-electron chi connectivity index (χ3n) is 7.54. The molecule has 0 radical (unpaired) electrons. The second-order valence-electron chi connectivity index (χ2n) is 10.3. The van der Waals surface area contributed by atoms with E-state index in [2.05, 4.69) is 24.0 Å². The number of halogens is 2. The van der Waals surface area contributed by atoms with E-state index in [-0.39, 0.29) is 11.3 Å². The summed E-state index contributed by atoms with van der Waals surface area (Å²) in [5, 5.41) is 8.52. The number of ether oxygens (including phenoxy) is 1. The fourth-order valence-corrected chi connectivity index (χ4v) is 5.21. The number of aryl methyl sites for hydroxylation is 1.